The Hall–Kier alpha value is -0.890. The molecular formula is C11H12ClNO4S2. The lowest BCUT2D eigenvalue weighted by Gasteiger charge is -2.12. The highest BCUT2D eigenvalue weighted by Gasteiger charge is 2.27. The van der Waals surface area contributed by atoms with Gasteiger partial charge in [-0.05, 0) is 24.6 Å². The Morgan fingerprint density at radius 2 is 2.05 bits per heavy atom. The number of halogens is 1. The van der Waals surface area contributed by atoms with Crippen LogP contribution in [0, 0.1) is 6.92 Å². The number of hydrogen-bond acceptors (Lipinski definition) is 4. The third kappa shape index (κ3) is 3.36. The molecule has 0 saturated carbocycles. The number of nitrogens with one attached hydrogen (secondary N) is 1. The molecule has 5 nitrogen and oxygen atoms in total. The molecule has 0 amide bonds. The molecule has 1 atom stereocenters. The summed E-state index contributed by atoms with van der Waals surface area (Å²) in [7, 11) is -7.10. The van der Waals surface area contributed by atoms with E-state index in [1.165, 1.54) is 12.1 Å². The van der Waals surface area contributed by atoms with Gasteiger partial charge in [0.1, 0.15) is 0 Å². The van der Waals surface area contributed by atoms with Gasteiger partial charge in [0.05, 0.1) is 16.7 Å². The average molecular weight is 322 g/mol. The number of aryl methyl sites for hydroxylation is 1. The van der Waals surface area contributed by atoms with Crippen molar-refractivity contribution in [1.82, 2.24) is 4.72 Å². The maximum absolute atomic E-state index is 12.2. The summed E-state index contributed by atoms with van der Waals surface area (Å²) in [4.78, 5) is 0.0534. The molecule has 0 spiro atoms. The molecule has 8 heteroatoms. The Labute approximate surface area is 117 Å². The van der Waals surface area contributed by atoms with Crippen LogP contribution in [0.5, 0.6) is 0 Å². The Bertz CT molecular complexity index is 738. The van der Waals surface area contributed by atoms with Crippen LogP contribution in [0.1, 0.15) is 5.56 Å². The Morgan fingerprint density at radius 3 is 2.63 bits per heavy atom. The minimum absolute atomic E-state index is 0.0534. The smallest absolute Gasteiger partial charge is 0.224 e. The van der Waals surface area contributed by atoms with E-state index in [1.807, 2.05) is 0 Å². The van der Waals surface area contributed by atoms with Gasteiger partial charge in [0.2, 0.25) is 10.0 Å². The molecule has 0 aliphatic carbocycles. The van der Waals surface area contributed by atoms with Gasteiger partial charge >= 0.3 is 0 Å². The molecule has 0 bridgehead atoms. The molecule has 19 heavy (non-hydrogen) atoms. The monoisotopic (exact) mass is 321 g/mol. The third-order valence-corrected chi connectivity index (χ3v) is 5.94. The molecular weight excluding hydrogens is 310 g/mol. The maximum Gasteiger partial charge on any atom is 0.241 e. The molecule has 1 aliphatic heterocycles. The average Bonchev–Trinajstić information content (AvgIpc) is 2.60. The molecule has 104 valence electrons. The van der Waals surface area contributed by atoms with Crippen molar-refractivity contribution >= 4 is 31.5 Å². The zero-order valence-electron chi connectivity index (χ0n) is 10.00. The molecule has 1 aliphatic rings. The number of hydrogen-bond donors (Lipinski definition) is 1. The molecule has 2 rings (SSSR count). The van der Waals surface area contributed by atoms with Gasteiger partial charge in [0, 0.05) is 10.4 Å². The SMILES string of the molecule is Cc1ccc(Cl)cc1S(=O)(=O)N[C@@H]1C=CS(=O)(=O)C1. The van der Waals surface area contributed by atoms with Gasteiger partial charge in [-0.3, -0.25) is 0 Å². The molecule has 0 aromatic heterocycles. The number of sulfonamides is 1. The van der Waals surface area contributed by atoms with Crippen molar-refractivity contribution in [2.75, 3.05) is 5.75 Å². The minimum Gasteiger partial charge on any atom is -0.224 e. The largest absolute Gasteiger partial charge is 0.241 e. The van der Waals surface area contributed by atoms with Gasteiger partial charge in [0.15, 0.2) is 9.84 Å². The van der Waals surface area contributed by atoms with Crippen LogP contribution in [0.25, 0.3) is 0 Å². The van der Waals surface area contributed by atoms with Crippen LogP contribution in [0.4, 0.5) is 0 Å². The second kappa shape index (κ2) is 4.90. The number of sulfone groups is 1. The summed E-state index contributed by atoms with van der Waals surface area (Å²) in [6, 6.07) is 3.79. The van der Waals surface area contributed by atoms with Gasteiger partial charge in [-0.1, -0.05) is 23.7 Å². The zero-order chi connectivity index (χ0) is 14.3. The predicted octanol–water partition coefficient (Wildman–Crippen LogP) is 1.24. The van der Waals surface area contributed by atoms with Crippen LogP contribution in [0.2, 0.25) is 5.02 Å². The predicted molar refractivity (Wildman–Crippen MR) is 73.2 cm³/mol. The third-order valence-electron chi connectivity index (χ3n) is 2.68. The summed E-state index contributed by atoms with van der Waals surface area (Å²) < 4.78 is 49.2. The molecule has 0 fully saturated rings. The van der Waals surface area contributed by atoms with Crippen molar-refractivity contribution in [2.45, 2.75) is 17.9 Å². The van der Waals surface area contributed by atoms with Crippen LogP contribution in [0.3, 0.4) is 0 Å². The molecule has 1 aromatic rings. The highest BCUT2D eigenvalue weighted by molar-refractivity contribution is 7.94. The molecule has 1 N–H and O–H groups in total. The lowest BCUT2D eigenvalue weighted by molar-refractivity contribution is 0.574. The van der Waals surface area contributed by atoms with E-state index in [0.717, 1.165) is 5.41 Å². The van der Waals surface area contributed by atoms with E-state index in [4.69, 9.17) is 11.6 Å². The summed E-state index contributed by atoms with van der Waals surface area (Å²) in [5, 5.41) is 1.32. The van der Waals surface area contributed by atoms with Gasteiger partial charge < -0.3 is 0 Å². The summed E-state index contributed by atoms with van der Waals surface area (Å²) in [6.07, 6.45) is 1.33. The van der Waals surface area contributed by atoms with Crippen LogP contribution in [-0.2, 0) is 19.9 Å². The first-order valence-electron chi connectivity index (χ1n) is 5.39. The lowest BCUT2D eigenvalue weighted by atomic mass is 10.2. The van der Waals surface area contributed by atoms with Crippen LogP contribution >= 0.6 is 11.6 Å². The quantitative estimate of drug-likeness (QED) is 0.908. The number of benzene rings is 1. The topological polar surface area (TPSA) is 80.3 Å². The van der Waals surface area contributed by atoms with Gasteiger partial charge in [-0.15, -0.1) is 0 Å². The molecule has 0 unspecified atom stereocenters. The van der Waals surface area contributed by atoms with E-state index in [2.05, 4.69) is 4.72 Å². The highest BCUT2D eigenvalue weighted by Crippen LogP contribution is 2.21. The molecule has 0 radical (unpaired) electrons. The second-order valence-electron chi connectivity index (χ2n) is 4.30. The van der Waals surface area contributed by atoms with Crippen molar-refractivity contribution in [3.05, 3.63) is 40.3 Å². The fraction of sp³-hybridized carbons (Fsp3) is 0.273. The Kier molecular flexibility index (Phi) is 3.74. The van der Waals surface area contributed by atoms with E-state index in [0.29, 0.717) is 10.6 Å². The van der Waals surface area contributed by atoms with Crippen molar-refractivity contribution in [2.24, 2.45) is 0 Å². The second-order valence-corrected chi connectivity index (χ2v) is 8.35. The summed E-state index contributed by atoms with van der Waals surface area (Å²) in [6.45, 7) is 1.64. The van der Waals surface area contributed by atoms with Crippen molar-refractivity contribution in [1.29, 1.82) is 0 Å². The lowest BCUT2D eigenvalue weighted by Crippen LogP contribution is -2.35. The minimum atomic E-state index is -3.80. The summed E-state index contributed by atoms with van der Waals surface area (Å²) in [5.74, 6) is -0.258. The van der Waals surface area contributed by atoms with Crippen LogP contribution < -0.4 is 4.72 Å². The fourth-order valence-electron chi connectivity index (χ4n) is 1.78. The zero-order valence-corrected chi connectivity index (χ0v) is 12.4. The van der Waals surface area contributed by atoms with Gasteiger partial charge in [-0.2, -0.15) is 0 Å². The van der Waals surface area contributed by atoms with Crippen LogP contribution in [0.15, 0.2) is 34.6 Å². The summed E-state index contributed by atoms with van der Waals surface area (Å²) in [5.41, 5.74) is 0.543. The summed E-state index contributed by atoms with van der Waals surface area (Å²) >= 11 is 5.78. The molecule has 1 heterocycles. The first kappa shape index (κ1) is 14.5. The Morgan fingerprint density at radius 1 is 1.37 bits per heavy atom. The first-order chi connectivity index (χ1) is 8.70. The normalized spacial score (nSPS) is 21.7. The van der Waals surface area contributed by atoms with E-state index in [1.54, 1.807) is 19.1 Å². The standard InChI is InChI=1S/C11H12ClNO4S2/c1-8-2-3-9(12)6-11(8)19(16,17)13-10-4-5-18(14,15)7-10/h2-6,10,13H,7H2,1H3/t10-/m1/s1. The molecule has 0 saturated heterocycles. The fourth-order valence-corrected chi connectivity index (χ4v) is 4.81. The van der Waals surface area contributed by atoms with Gasteiger partial charge in [-0.25, -0.2) is 21.6 Å². The highest BCUT2D eigenvalue weighted by atomic mass is 35.5. The van der Waals surface area contributed by atoms with Crippen molar-refractivity contribution in [3.63, 3.8) is 0 Å². The Balaban J connectivity index is 2.29. The van der Waals surface area contributed by atoms with E-state index >= 15 is 0 Å². The van der Waals surface area contributed by atoms with Crippen LogP contribution in [-0.4, -0.2) is 28.6 Å². The van der Waals surface area contributed by atoms with Gasteiger partial charge in [0.25, 0.3) is 0 Å². The molecule has 1 aromatic carbocycles. The first-order valence-corrected chi connectivity index (χ1v) is 8.97. The van der Waals surface area contributed by atoms with E-state index in [9.17, 15) is 16.8 Å². The van der Waals surface area contributed by atoms with Crippen molar-refractivity contribution in [3.8, 4) is 0 Å². The number of rotatable bonds is 3. The van der Waals surface area contributed by atoms with E-state index in [-0.39, 0.29) is 10.6 Å². The van der Waals surface area contributed by atoms with E-state index < -0.39 is 25.9 Å². The van der Waals surface area contributed by atoms with Crippen molar-refractivity contribution < 1.29 is 16.8 Å². The maximum atomic E-state index is 12.2.